The van der Waals surface area contributed by atoms with Gasteiger partial charge in [0, 0.05) is 32.1 Å². The zero-order valence-electron chi connectivity index (χ0n) is 14.7. The Morgan fingerprint density at radius 2 is 2.00 bits per heavy atom. The van der Waals surface area contributed by atoms with Crippen LogP contribution in [-0.4, -0.2) is 44.1 Å². The lowest BCUT2D eigenvalue weighted by Crippen LogP contribution is -2.51. The molecule has 128 valence electrons. The highest BCUT2D eigenvalue weighted by atomic mass is 16.5. The lowest BCUT2D eigenvalue weighted by molar-refractivity contribution is -0.120. The number of carbonyl (C=O) groups excluding carboxylic acids is 1. The maximum absolute atomic E-state index is 11.1. The van der Waals surface area contributed by atoms with Gasteiger partial charge in [0.15, 0.2) is 0 Å². The number of allylic oxidation sites excluding steroid dienone is 1. The molecule has 0 aliphatic carbocycles. The quantitative estimate of drug-likeness (QED) is 0.621. The van der Waals surface area contributed by atoms with E-state index in [9.17, 15) is 4.79 Å². The number of nitrogens with zero attached hydrogens (tertiary/aromatic N) is 1. The molecule has 1 atom stereocenters. The van der Waals surface area contributed by atoms with Gasteiger partial charge in [-0.1, -0.05) is 44.7 Å². The molecule has 1 fully saturated rings. The molecule has 1 saturated heterocycles. The molecule has 1 aromatic carbocycles. The van der Waals surface area contributed by atoms with E-state index in [4.69, 9.17) is 4.74 Å². The highest BCUT2D eigenvalue weighted by molar-refractivity contribution is 5.48. The second kappa shape index (κ2) is 10.8. The summed E-state index contributed by atoms with van der Waals surface area (Å²) in [6, 6.07) is 8.88. The molecule has 1 aromatic rings. The van der Waals surface area contributed by atoms with Crippen molar-refractivity contribution in [3.05, 3.63) is 47.7 Å². The molecule has 1 aliphatic rings. The Morgan fingerprint density at radius 3 is 2.61 bits per heavy atom. The molecule has 1 unspecified atom stereocenters. The van der Waals surface area contributed by atoms with Gasteiger partial charge in [0.1, 0.15) is 0 Å². The fourth-order valence-corrected chi connectivity index (χ4v) is 2.60. The number of piperazine rings is 1. The Hall–Kier alpha value is -1.81. The fourth-order valence-electron chi connectivity index (χ4n) is 2.60. The number of nitrogens with one attached hydrogen (secondary N) is 1. The summed E-state index contributed by atoms with van der Waals surface area (Å²) in [5.74, 6) is 0.814. The number of rotatable bonds is 7. The van der Waals surface area contributed by atoms with Crippen LogP contribution in [0.3, 0.4) is 0 Å². The first-order chi connectivity index (χ1) is 11.2. The van der Waals surface area contributed by atoms with E-state index in [2.05, 4.69) is 36.2 Å². The van der Waals surface area contributed by atoms with Crippen LogP contribution in [0.2, 0.25) is 0 Å². The molecule has 4 nitrogen and oxygen atoms in total. The summed E-state index contributed by atoms with van der Waals surface area (Å²) >= 11 is 0. The Morgan fingerprint density at radius 1 is 1.35 bits per heavy atom. The predicted octanol–water partition coefficient (Wildman–Crippen LogP) is 2.78. The summed E-state index contributed by atoms with van der Waals surface area (Å²) in [6.07, 6.45) is 3.66. The normalized spacial score (nSPS) is 17.0. The number of ether oxygens (including phenoxy) is 1. The lowest BCUT2D eigenvalue weighted by Gasteiger charge is -2.33. The average molecular weight is 318 g/mol. The molecule has 0 radical (unpaired) electrons. The number of benzene rings is 1. The van der Waals surface area contributed by atoms with Crippen LogP contribution in [0.15, 0.2) is 36.6 Å². The Balaban J connectivity index is 0.00000127. The third-order valence-corrected chi connectivity index (χ3v) is 4.01. The average Bonchev–Trinajstić information content (AvgIpc) is 2.63. The van der Waals surface area contributed by atoms with Crippen molar-refractivity contribution in [2.45, 2.75) is 39.2 Å². The second-order valence-corrected chi connectivity index (χ2v) is 5.46. The molecular formula is C19H30N2O2. The Labute approximate surface area is 140 Å². The van der Waals surface area contributed by atoms with Crippen molar-refractivity contribution in [3.8, 4) is 0 Å². The van der Waals surface area contributed by atoms with Crippen molar-refractivity contribution >= 4 is 6.41 Å². The maximum atomic E-state index is 11.1. The van der Waals surface area contributed by atoms with Gasteiger partial charge >= 0.3 is 0 Å². The third kappa shape index (κ3) is 6.45. The van der Waals surface area contributed by atoms with Gasteiger partial charge in [0.2, 0.25) is 6.41 Å². The van der Waals surface area contributed by atoms with Crippen molar-refractivity contribution in [3.63, 3.8) is 0 Å². The molecule has 1 amide bonds. The van der Waals surface area contributed by atoms with Gasteiger partial charge < -0.3 is 15.0 Å². The van der Waals surface area contributed by atoms with Crippen LogP contribution >= 0.6 is 0 Å². The minimum Gasteiger partial charge on any atom is -0.502 e. The van der Waals surface area contributed by atoms with E-state index in [0.717, 1.165) is 51.1 Å². The summed E-state index contributed by atoms with van der Waals surface area (Å²) in [5, 5.41) is 3.35. The smallest absolute Gasteiger partial charge is 0.210 e. The zero-order chi connectivity index (χ0) is 17.1. The lowest BCUT2D eigenvalue weighted by atomic mass is 10.0. The van der Waals surface area contributed by atoms with Gasteiger partial charge in [0.05, 0.1) is 12.9 Å². The monoisotopic (exact) mass is 318 g/mol. The first kappa shape index (κ1) is 19.2. The van der Waals surface area contributed by atoms with Crippen molar-refractivity contribution in [2.24, 2.45) is 0 Å². The van der Waals surface area contributed by atoms with Crippen LogP contribution in [0.25, 0.3) is 0 Å². The Kier molecular flexibility index (Phi) is 9.07. The van der Waals surface area contributed by atoms with Gasteiger partial charge in [-0.2, -0.15) is 0 Å². The van der Waals surface area contributed by atoms with Crippen LogP contribution in [0.4, 0.5) is 0 Å². The van der Waals surface area contributed by atoms with Crippen LogP contribution in [0.1, 0.15) is 31.4 Å². The number of hydrogen-bond acceptors (Lipinski definition) is 3. The molecule has 4 heteroatoms. The van der Waals surface area contributed by atoms with Crippen molar-refractivity contribution in [1.82, 2.24) is 10.2 Å². The van der Waals surface area contributed by atoms with Crippen LogP contribution < -0.4 is 5.32 Å². The van der Waals surface area contributed by atoms with E-state index in [-0.39, 0.29) is 6.04 Å². The minimum atomic E-state index is 0.260. The number of carbonyl (C=O) groups is 1. The third-order valence-electron chi connectivity index (χ3n) is 4.01. The molecular weight excluding hydrogens is 288 g/mol. The van der Waals surface area contributed by atoms with E-state index < -0.39 is 0 Å². The predicted molar refractivity (Wildman–Crippen MR) is 95.4 cm³/mol. The largest absolute Gasteiger partial charge is 0.502 e. The molecule has 0 bridgehead atoms. The second-order valence-electron chi connectivity index (χ2n) is 5.46. The Bertz CT molecular complexity index is 471. The van der Waals surface area contributed by atoms with Gasteiger partial charge in [-0.05, 0) is 24.0 Å². The summed E-state index contributed by atoms with van der Waals surface area (Å²) in [6.45, 7) is 10.4. The number of amides is 1. The van der Waals surface area contributed by atoms with Gasteiger partial charge in [-0.3, -0.25) is 4.79 Å². The first-order valence-electron chi connectivity index (χ1n) is 8.44. The minimum absolute atomic E-state index is 0.260. The molecule has 1 aliphatic heterocycles. The van der Waals surface area contributed by atoms with E-state index in [0.29, 0.717) is 0 Å². The van der Waals surface area contributed by atoms with Gasteiger partial charge in [0.25, 0.3) is 0 Å². The fraction of sp³-hybridized carbons (Fsp3) is 0.526. The van der Waals surface area contributed by atoms with Crippen LogP contribution in [-0.2, 0) is 22.4 Å². The van der Waals surface area contributed by atoms with Crippen LogP contribution in [0, 0.1) is 0 Å². The maximum Gasteiger partial charge on any atom is 0.210 e. The molecule has 0 spiro atoms. The summed E-state index contributed by atoms with van der Waals surface area (Å²) < 4.78 is 5.08. The number of hydrogen-bond donors (Lipinski definition) is 1. The topological polar surface area (TPSA) is 41.6 Å². The molecule has 0 aromatic heterocycles. The van der Waals surface area contributed by atoms with Crippen LogP contribution in [0.5, 0.6) is 0 Å². The summed E-state index contributed by atoms with van der Waals surface area (Å²) in [4.78, 5) is 13.0. The zero-order valence-corrected chi connectivity index (χ0v) is 14.7. The van der Waals surface area contributed by atoms with E-state index in [1.54, 1.807) is 7.11 Å². The number of methoxy groups -OCH3 is 1. The SMILES string of the molecule is C=C(CCc1ccc(CC2CNCCN2C=O)cc1)OC.CC. The number of aryl methyl sites for hydroxylation is 1. The van der Waals surface area contributed by atoms with Crippen molar-refractivity contribution in [2.75, 3.05) is 26.7 Å². The van der Waals surface area contributed by atoms with E-state index >= 15 is 0 Å². The van der Waals surface area contributed by atoms with E-state index in [1.807, 2.05) is 18.7 Å². The molecule has 1 heterocycles. The standard InChI is InChI=1S/C17H24N2O2.C2H6/c1-14(21-2)3-4-15-5-7-16(8-6-15)11-17-12-18-9-10-19(17)13-20;1-2/h5-8,13,17-18H,1,3-4,9-12H2,2H3;1-2H3. The molecule has 0 saturated carbocycles. The van der Waals surface area contributed by atoms with Gasteiger partial charge in [-0.15, -0.1) is 0 Å². The van der Waals surface area contributed by atoms with Gasteiger partial charge in [-0.25, -0.2) is 0 Å². The van der Waals surface area contributed by atoms with Crippen molar-refractivity contribution < 1.29 is 9.53 Å². The van der Waals surface area contributed by atoms with Crippen molar-refractivity contribution in [1.29, 1.82) is 0 Å². The molecule has 1 N–H and O–H groups in total. The summed E-state index contributed by atoms with van der Waals surface area (Å²) in [7, 11) is 1.66. The summed E-state index contributed by atoms with van der Waals surface area (Å²) in [5.41, 5.74) is 2.55. The highest BCUT2D eigenvalue weighted by Crippen LogP contribution is 2.13. The molecule has 2 rings (SSSR count). The molecule has 23 heavy (non-hydrogen) atoms. The van der Waals surface area contributed by atoms with E-state index in [1.165, 1.54) is 11.1 Å². The highest BCUT2D eigenvalue weighted by Gasteiger charge is 2.20. The first-order valence-corrected chi connectivity index (χ1v) is 8.44.